The van der Waals surface area contributed by atoms with Crippen LogP contribution in [-0.2, 0) is 13.6 Å². The zero-order valence-corrected chi connectivity index (χ0v) is 13.7. The van der Waals surface area contributed by atoms with E-state index in [2.05, 4.69) is 40.5 Å². The molecule has 1 N–H and O–H groups in total. The van der Waals surface area contributed by atoms with Crippen LogP contribution in [0.2, 0.25) is 0 Å². The van der Waals surface area contributed by atoms with Gasteiger partial charge in [0.1, 0.15) is 0 Å². The predicted molar refractivity (Wildman–Crippen MR) is 89.7 cm³/mol. The van der Waals surface area contributed by atoms with Crippen LogP contribution in [0.1, 0.15) is 25.5 Å². The SMILES string of the molecule is CC(NCc1cn(C)nc1-c1cccnc1)C(C)n1cccn1. The topological polar surface area (TPSA) is 60.6 Å². The molecule has 3 heterocycles. The van der Waals surface area contributed by atoms with Gasteiger partial charge in [-0.15, -0.1) is 0 Å². The van der Waals surface area contributed by atoms with E-state index in [1.165, 1.54) is 5.56 Å². The quantitative estimate of drug-likeness (QED) is 0.759. The van der Waals surface area contributed by atoms with Crippen molar-refractivity contribution in [3.05, 3.63) is 54.7 Å². The second kappa shape index (κ2) is 6.75. The lowest BCUT2D eigenvalue weighted by molar-refractivity contribution is 0.365. The highest BCUT2D eigenvalue weighted by Gasteiger charge is 2.16. The summed E-state index contributed by atoms with van der Waals surface area (Å²) in [4.78, 5) is 4.19. The first kappa shape index (κ1) is 15.4. The molecule has 0 spiro atoms. The molecule has 0 bridgehead atoms. The summed E-state index contributed by atoms with van der Waals surface area (Å²) in [5, 5.41) is 12.5. The predicted octanol–water partition coefficient (Wildman–Crippen LogP) is 2.42. The largest absolute Gasteiger partial charge is 0.308 e. The first-order valence-electron chi connectivity index (χ1n) is 7.80. The Kier molecular flexibility index (Phi) is 4.52. The van der Waals surface area contributed by atoms with Crippen LogP contribution in [0.3, 0.4) is 0 Å². The molecule has 3 rings (SSSR count). The molecule has 0 fully saturated rings. The Balaban J connectivity index is 1.71. The van der Waals surface area contributed by atoms with Crippen LogP contribution in [0.5, 0.6) is 0 Å². The van der Waals surface area contributed by atoms with Crippen LogP contribution in [0.25, 0.3) is 11.3 Å². The van der Waals surface area contributed by atoms with E-state index in [1.807, 2.05) is 53.2 Å². The van der Waals surface area contributed by atoms with Gasteiger partial charge < -0.3 is 5.32 Å². The second-order valence-corrected chi connectivity index (χ2v) is 5.81. The summed E-state index contributed by atoms with van der Waals surface area (Å²) in [7, 11) is 1.94. The van der Waals surface area contributed by atoms with Crippen molar-refractivity contribution in [3.8, 4) is 11.3 Å². The zero-order valence-electron chi connectivity index (χ0n) is 13.7. The number of hydrogen-bond acceptors (Lipinski definition) is 4. The van der Waals surface area contributed by atoms with Crippen LogP contribution in [0.4, 0.5) is 0 Å². The molecular formula is C17H22N6. The number of aryl methyl sites for hydroxylation is 1. The van der Waals surface area contributed by atoms with Gasteiger partial charge in [0.2, 0.25) is 0 Å². The van der Waals surface area contributed by atoms with E-state index in [0.717, 1.165) is 17.8 Å². The molecule has 0 aliphatic rings. The van der Waals surface area contributed by atoms with Gasteiger partial charge in [-0.3, -0.25) is 14.3 Å². The average Bonchev–Trinajstić information content (AvgIpc) is 3.22. The van der Waals surface area contributed by atoms with Crippen LogP contribution >= 0.6 is 0 Å². The van der Waals surface area contributed by atoms with E-state index in [9.17, 15) is 0 Å². The Morgan fingerprint density at radius 2 is 2.09 bits per heavy atom. The maximum Gasteiger partial charge on any atom is 0.0983 e. The van der Waals surface area contributed by atoms with E-state index >= 15 is 0 Å². The van der Waals surface area contributed by atoms with Crippen LogP contribution < -0.4 is 5.32 Å². The summed E-state index contributed by atoms with van der Waals surface area (Å²) in [6.07, 6.45) is 9.49. The number of hydrogen-bond donors (Lipinski definition) is 1. The lowest BCUT2D eigenvalue weighted by atomic mass is 10.1. The van der Waals surface area contributed by atoms with E-state index in [1.54, 1.807) is 6.20 Å². The highest BCUT2D eigenvalue weighted by atomic mass is 15.3. The minimum absolute atomic E-state index is 0.281. The van der Waals surface area contributed by atoms with Crippen LogP contribution in [0.15, 0.2) is 49.2 Å². The van der Waals surface area contributed by atoms with E-state index < -0.39 is 0 Å². The maximum absolute atomic E-state index is 4.57. The lowest BCUT2D eigenvalue weighted by Crippen LogP contribution is -2.33. The fourth-order valence-corrected chi connectivity index (χ4v) is 2.60. The summed E-state index contributed by atoms with van der Waals surface area (Å²) in [5.74, 6) is 0. The van der Waals surface area contributed by atoms with Gasteiger partial charge >= 0.3 is 0 Å². The maximum atomic E-state index is 4.57. The van der Waals surface area contributed by atoms with Crippen molar-refractivity contribution in [2.45, 2.75) is 32.5 Å². The minimum Gasteiger partial charge on any atom is -0.308 e. The van der Waals surface area contributed by atoms with E-state index in [4.69, 9.17) is 0 Å². The van der Waals surface area contributed by atoms with Crippen LogP contribution in [-0.4, -0.2) is 30.6 Å². The highest BCUT2D eigenvalue weighted by molar-refractivity contribution is 5.61. The molecule has 3 aromatic heterocycles. The first-order valence-corrected chi connectivity index (χ1v) is 7.80. The molecule has 0 amide bonds. The van der Waals surface area contributed by atoms with Gasteiger partial charge in [-0.05, 0) is 32.0 Å². The van der Waals surface area contributed by atoms with Crippen LogP contribution in [0, 0.1) is 0 Å². The molecule has 120 valence electrons. The monoisotopic (exact) mass is 310 g/mol. The Labute approximate surface area is 136 Å². The zero-order chi connectivity index (χ0) is 16.2. The van der Waals surface area contributed by atoms with Gasteiger partial charge in [-0.2, -0.15) is 10.2 Å². The summed E-state index contributed by atoms with van der Waals surface area (Å²) < 4.78 is 3.82. The molecule has 2 atom stereocenters. The van der Waals surface area contributed by atoms with Gasteiger partial charge in [-0.25, -0.2) is 0 Å². The molecule has 23 heavy (non-hydrogen) atoms. The Morgan fingerprint density at radius 3 is 2.78 bits per heavy atom. The van der Waals surface area contributed by atoms with Crippen molar-refractivity contribution < 1.29 is 0 Å². The third-order valence-electron chi connectivity index (χ3n) is 4.12. The van der Waals surface area contributed by atoms with Crippen molar-refractivity contribution >= 4 is 0 Å². The Morgan fingerprint density at radius 1 is 1.22 bits per heavy atom. The van der Waals surface area contributed by atoms with Crippen molar-refractivity contribution in [2.24, 2.45) is 7.05 Å². The summed E-state index contributed by atoms with van der Waals surface area (Å²) in [6.45, 7) is 5.09. The number of nitrogens with zero attached hydrogens (tertiary/aromatic N) is 5. The smallest absolute Gasteiger partial charge is 0.0983 e. The number of rotatable bonds is 6. The Hall–Kier alpha value is -2.47. The third kappa shape index (κ3) is 3.48. The molecule has 0 aromatic carbocycles. The average molecular weight is 310 g/mol. The van der Waals surface area contributed by atoms with Gasteiger partial charge in [0.25, 0.3) is 0 Å². The second-order valence-electron chi connectivity index (χ2n) is 5.81. The first-order chi connectivity index (χ1) is 11.1. The molecule has 0 saturated heterocycles. The number of aromatic nitrogens is 5. The molecule has 2 unspecified atom stereocenters. The highest BCUT2D eigenvalue weighted by Crippen LogP contribution is 2.21. The molecular weight excluding hydrogens is 288 g/mol. The van der Waals surface area contributed by atoms with Crippen molar-refractivity contribution in [1.82, 2.24) is 29.9 Å². The molecule has 6 nitrogen and oxygen atoms in total. The van der Waals surface area contributed by atoms with Gasteiger partial charge in [0.05, 0.1) is 11.7 Å². The third-order valence-corrected chi connectivity index (χ3v) is 4.12. The van der Waals surface area contributed by atoms with E-state index in [0.29, 0.717) is 0 Å². The minimum atomic E-state index is 0.281. The number of pyridine rings is 1. The molecule has 0 aliphatic carbocycles. The number of nitrogens with one attached hydrogen (secondary N) is 1. The lowest BCUT2D eigenvalue weighted by Gasteiger charge is -2.21. The summed E-state index contributed by atoms with van der Waals surface area (Å²) >= 11 is 0. The van der Waals surface area contributed by atoms with E-state index in [-0.39, 0.29) is 12.1 Å². The standard InChI is InChI=1S/C17H22N6/c1-13(14(2)23-9-5-8-20-23)19-11-16-12-22(3)21-17(16)15-6-4-7-18-10-15/h4-10,12-14,19H,11H2,1-3H3. The van der Waals surface area contributed by atoms with Gasteiger partial charge in [0, 0.05) is 61.7 Å². The fourth-order valence-electron chi connectivity index (χ4n) is 2.60. The molecule has 0 aliphatic heterocycles. The fraction of sp³-hybridized carbons (Fsp3) is 0.353. The normalized spacial score (nSPS) is 13.9. The van der Waals surface area contributed by atoms with Crippen molar-refractivity contribution in [1.29, 1.82) is 0 Å². The van der Waals surface area contributed by atoms with Gasteiger partial charge in [0.15, 0.2) is 0 Å². The molecule has 0 radical (unpaired) electrons. The van der Waals surface area contributed by atoms with Crippen molar-refractivity contribution in [3.63, 3.8) is 0 Å². The molecule has 3 aromatic rings. The molecule has 0 saturated carbocycles. The Bertz CT molecular complexity index is 732. The summed E-state index contributed by atoms with van der Waals surface area (Å²) in [5.41, 5.74) is 3.18. The molecule has 6 heteroatoms. The van der Waals surface area contributed by atoms with Crippen molar-refractivity contribution in [2.75, 3.05) is 0 Å². The summed E-state index contributed by atoms with van der Waals surface area (Å²) in [6, 6.07) is 6.49. The van der Waals surface area contributed by atoms with Gasteiger partial charge in [-0.1, -0.05) is 0 Å².